The number of fused-ring (bicyclic) bond motifs is 1. The summed E-state index contributed by atoms with van der Waals surface area (Å²) < 4.78 is 19.5. The maximum Gasteiger partial charge on any atom is 0.310 e. The second-order valence-electron chi connectivity index (χ2n) is 4.68. The number of hydrogen-bond donors (Lipinski definition) is 1. The van der Waals surface area contributed by atoms with E-state index in [1.807, 2.05) is 11.4 Å². The zero-order chi connectivity index (χ0) is 12.5. The number of benzene rings is 1. The van der Waals surface area contributed by atoms with Crippen molar-refractivity contribution in [3.05, 3.63) is 29.4 Å². The quantitative estimate of drug-likeness (QED) is 0.841. The largest absolute Gasteiger partial charge is 0.431 e. The second kappa shape index (κ2) is 4.76. The summed E-state index contributed by atoms with van der Waals surface area (Å²) in [5.74, 6) is -0.193. The van der Waals surface area contributed by atoms with Crippen LogP contribution in [0.2, 0.25) is 0 Å². The van der Waals surface area contributed by atoms with Crippen molar-refractivity contribution in [3.63, 3.8) is 0 Å². The van der Waals surface area contributed by atoms with Gasteiger partial charge in [0, 0.05) is 0 Å². The second-order valence-corrected chi connectivity index (χ2v) is 5.56. The maximum atomic E-state index is 13.4. The SMILES string of the molecule is CC(C)(O)COBc1csc2c(F)cccc12. The van der Waals surface area contributed by atoms with Gasteiger partial charge < -0.3 is 9.76 Å². The van der Waals surface area contributed by atoms with E-state index in [4.69, 9.17) is 4.65 Å². The van der Waals surface area contributed by atoms with Crippen LogP contribution in [-0.2, 0) is 4.65 Å². The molecule has 0 unspecified atom stereocenters. The Hall–Kier alpha value is -0.905. The molecule has 0 saturated carbocycles. The van der Waals surface area contributed by atoms with Crippen molar-refractivity contribution in [2.45, 2.75) is 19.4 Å². The van der Waals surface area contributed by atoms with E-state index < -0.39 is 5.60 Å². The van der Waals surface area contributed by atoms with Crippen molar-refractivity contribution in [3.8, 4) is 0 Å². The summed E-state index contributed by atoms with van der Waals surface area (Å²) in [6, 6.07) is 5.04. The fraction of sp³-hybridized carbons (Fsp3) is 0.333. The van der Waals surface area contributed by atoms with Crippen LogP contribution in [0.15, 0.2) is 23.6 Å². The minimum absolute atomic E-state index is 0.193. The molecule has 1 aromatic heterocycles. The Labute approximate surface area is 104 Å². The van der Waals surface area contributed by atoms with E-state index in [9.17, 15) is 9.50 Å². The van der Waals surface area contributed by atoms with Crippen LogP contribution in [0, 0.1) is 5.82 Å². The molecule has 0 atom stereocenters. The Kier molecular flexibility index (Phi) is 3.52. The van der Waals surface area contributed by atoms with Crippen LogP contribution in [0.1, 0.15) is 13.8 Å². The fourth-order valence-electron chi connectivity index (χ4n) is 1.60. The predicted molar refractivity (Wildman–Crippen MR) is 70.8 cm³/mol. The van der Waals surface area contributed by atoms with Gasteiger partial charge in [-0.1, -0.05) is 12.1 Å². The van der Waals surface area contributed by atoms with Gasteiger partial charge in [0.25, 0.3) is 0 Å². The average molecular weight is 252 g/mol. The third-order valence-corrected chi connectivity index (χ3v) is 3.40. The summed E-state index contributed by atoms with van der Waals surface area (Å²) in [7, 11) is 0.396. The van der Waals surface area contributed by atoms with Gasteiger partial charge >= 0.3 is 7.48 Å². The Morgan fingerprint density at radius 3 is 2.94 bits per heavy atom. The smallest absolute Gasteiger partial charge is 0.310 e. The highest BCUT2D eigenvalue weighted by atomic mass is 32.1. The summed E-state index contributed by atoms with van der Waals surface area (Å²) in [4.78, 5) is 0. The summed E-state index contributed by atoms with van der Waals surface area (Å²) >= 11 is 1.38. The van der Waals surface area contributed by atoms with Crippen LogP contribution < -0.4 is 5.46 Å². The van der Waals surface area contributed by atoms with Gasteiger partial charge in [0.1, 0.15) is 5.82 Å². The molecule has 0 aliphatic carbocycles. The molecule has 90 valence electrons. The lowest BCUT2D eigenvalue weighted by Crippen LogP contribution is -2.29. The average Bonchev–Trinajstić information content (AvgIpc) is 2.61. The maximum absolute atomic E-state index is 13.4. The fourth-order valence-corrected chi connectivity index (χ4v) is 2.56. The van der Waals surface area contributed by atoms with Crippen molar-refractivity contribution in [2.24, 2.45) is 0 Å². The van der Waals surface area contributed by atoms with Crippen LogP contribution in [0.4, 0.5) is 4.39 Å². The van der Waals surface area contributed by atoms with E-state index in [1.165, 1.54) is 17.4 Å². The van der Waals surface area contributed by atoms with Gasteiger partial charge in [0.05, 0.1) is 16.9 Å². The predicted octanol–water partition coefficient (Wildman–Crippen LogP) is 1.80. The van der Waals surface area contributed by atoms with Gasteiger partial charge in [-0.3, -0.25) is 0 Å². The van der Waals surface area contributed by atoms with E-state index in [0.717, 1.165) is 10.8 Å². The van der Waals surface area contributed by atoms with Gasteiger partial charge in [-0.05, 0) is 36.1 Å². The van der Waals surface area contributed by atoms with E-state index in [-0.39, 0.29) is 12.4 Å². The molecule has 5 heteroatoms. The first kappa shape index (κ1) is 12.5. The van der Waals surface area contributed by atoms with Gasteiger partial charge in [0.15, 0.2) is 0 Å². The molecule has 1 aromatic carbocycles. The molecule has 1 N–H and O–H groups in total. The summed E-state index contributed by atoms with van der Waals surface area (Å²) in [6.45, 7) is 3.65. The monoisotopic (exact) mass is 252 g/mol. The topological polar surface area (TPSA) is 29.5 Å². The molecule has 2 rings (SSSR count). The van der Waals surface area contributed by atoms with Crippen LogP contribution in [0.5, 0.6) is 0 Å². The van der Waals surface area contributed by atoms with E-state index in [1.54, 1.807) is 19.9 Å². The Bertz CT molecular complexity index is 519. The van der Waals surface area contributed by atoms with Crippen LogP contribution in [-0.4, -0.2) is 24.8 Å². The number of thiophene rings is 1. The number of hydrogen-bond acceptors (Lipinski definition) is 3. The van der Waals surface area contributed by atoms with E-state index in [0.29, 0.717) is 12.2 Å². The number of rotatable bonds is 4. The Morgan fingerprint density at radius 1 is 1.47 bits per heavy atom. The van der Waals surface area contributed by atoms with Gasteiger partial charge in [-0.25, -0.2) is 4.39 Å². The van der Waals surface area contributed by atoms with Crippen molar-refractivity contribution in [2.75, 3.05) is 6.61 Å². The first-order valence-corrected chi connectivity index (χ1v) is 6.30. The van der Waals surface area contributed by atoms with Crippen molar-refractivity contribution < 1.29 is 14.2 Å². The molecule has 0 bridgehead atoms. The lowest BCUT2D eigenvalue weighted by Gasteiger charge is -2.16. The van der Waals surface area contributed by atoms with E-state index >= 15 is 0 Å². The zero-order valence-electron chi connectivity index (χ0n) is 9.87. The molecular formula is C12H14BFO2S. The molecule has 2 nitrogen and oxygen atoms in total. The number of halogens is 1. The van der Waals surface area contributed by atoms with Crippen LogP contribution in [0.25, 0.3) is 10.1 Å². The minimum Gasteiger partial charge on any atom is -0.431 e. The van der Waals surface area contributed by atoms with E-state index in [2.05, 4.69) is 0 Å². The lowest BCUT2D eigenvalue weighted by atomic mass is 9.87. The number of aliphatic hydroxyl groups is 1. The highest BCUT2D eigenvalue weighted by Gasteiger charge is 2.14. The lowest BCUT2D eigenvalue weighted by molar-refractivity contribution is 0.0304. The first-order valence-electron chi connectivity index (χ1n) is 5.42. The van der Waals surface area contributed by atoms with Gasteiger partial charge in [0.2, 0.25) is 0 Å². The molecule has 0 fully saturated rings. The van der Waals surface area contributed by atoms with Crippen LogP contribution in [0.3, 0.4) is 0 Å². The first-order chi connectivity index (χ1) is 7.97. The molecule has 0 amide bonds. The summed E-state index contributed by atoms with van der Waals surface area (Å²) in [6.07, 6.45) is 0. The molecule has 2 aromatic rings. The highest BCUT2D eigenvalue weighted by molar-refractivity contribution is 7.18. The normalized spacial score (nSPS) is 12.0. The molecule has 0 saturated heterocycles. The molecular weight excluding hydrogens is 238 g/mol. The minimum atomic E-state index is -0.836. The van der Waals surface area contributed by atoms with Gasteiger partial charge in [-0.15, -0.1) is 11.3 Å². The molecule has 17 heavy (non-hydrogen) atoms. The van der Waals surface area contributed by atoms with Crippen molar-refractivity contribution in [1.82, 2.24) is 0 Å². The van der Waals surface area contributed by atoms with Crippen LogP contribution >= 0.6 is 11.3 Å². The molecule has 0 spiro atoms. The highest BCUT2D eigenvalue weighted by Crippen LogP contribution is 2.21. The zero-order valence-corrected chi connectivity index (χ0v) is 10.7. The van der Waals surface area contributed by atoms with Crippen molar-refractivity contribution >= 4 is 34.4 Å². The molecule has 0 radical (unpaired) electrons. The summed E-state index contributed by atoms with van der Waals surface area (Å²) in [5, 5.41) is 12.3. The standard InChI is InChI=1S/C12H14BFO2S/c1-12(2,15)7-16-13-9-6-17-11-8(9)4-3-5-10(11)14/h3-6,13,15H,7H2,1-2H3. The third kappa shape index (κ3) is 3.06. The van der Waals surface area contributed by atoms with Crippen molar-refractivity contribution in [1.29, 1.82) is 0 Å². The molecule has 0 aliphatic heterocycles. The summed E-state index contributed by atoms with van der Waals surface area (Å²) in [5.41, 5.74) is 0.130. The molecule has 1 heterocycles. The Balaban J connectivity index is 2.12. The van der Waals surface area contributed by atoms with Gasteiger partial charge in [-0.2, -0.15) is 0 Å². The molecule has 0 aliphatic rings. The Morgan fingerprint density at radius 2 is 2.24 bits per heavy atom. The third-order valence-electron chi connectivity index (χ3n) is 2.34.